The van der Waals surface area contributed by atoms with Gasteiger partial charge in [0.05, 0.1) is 19.0 Å². The van der Waals surface area contributed by atoms with E-state index >= 15 is 0 Å². The van der Waals surface area contributed by atoms with Crippen molar-refractivity contribution in [2.75, 3.05) is 6.61 Å². The highest BCUT2D eigenvalue weighted by atomic mass is 35.5. The second-order valence-electron chi connectivity index (χ2n) is 7.87. The number of hydrogen-bond donors (Lipinski definition) is 1. The van der Waals surface area contributed by atoms with Crippen LogP contribution in [-0.2, 0) is 16.0 Å². The zero-order chi connectivity index (χ0) is 23.2. The summed E-state index contributed by atoms with van der Waals surface area (Å²) < 4.78 is 20.4. The lowest BCUT2D eigenvalue weighted by Crippen LogP contribution is -2.35. The minimum absolute atomic E-state index is 0.117. The molecule has 1 fully saturated rings. The average molecular weight is 490 g/mol. The molecule has 7 nitrogen and oxygen atoms in total. The zero-order valence-electron chi connectivity index (χ0n) is 17.9. The Morgan fingerprint density at radius 1 is 1.21 bits per heavy atom. The fourth-order valence-electron chi connectivity index (χ4n) is 3.74. The molecule has 0 saturated carbocycles. The highest BCUT2D eigenvalue weighted by molar-refractivity contribution is 6.35. The Morgan fingerprint density at radius 3 is 2.73 bits per heavy atom. The molecule has 2 aromatic carbocycles. The Balaban J connectivity index is 1.39. The van der Waals surface area contributed by atoms with E-state index in [-0.39, 0.29) is 12.2 Å². The smallest absolute Gasteiger partial charge is 0.248 e. The lowest BCUT2D eigenvalue weighted by molar-refractivity contribution is -0.223. The van der Waals surface area contributed by atoms with E-state index in [0.717, 1.165) is 24.8 Å². The lowest BCUT2D eigenvalue weighted by Gasteiger charge is -2.33. The van der Waals surface area contributed by atoms with Crippen molar-refractivity contribution in [3.05, 3.63) is 82.4 Å². The third-order valence-electron chi connectivity index (χ3n) is 5.45. The number of carbonyl (C=O) groups is 1. The quantitative estimate of drug-likeness (QED) is 0.455. The van der Waals surface area contributed by atoms with Crippen LogP contribution in [0.5, 0.6) is 5.75 Å². The fourth-order valence-corrected chi connectivity index (χ4v) is 4.27. The van der Waals surface area contributed by atoms with Gasteiger partial charge in [-0.25, -0.2) is 4.98 Å². The first kappa shape index (κ1) is 23.6. The molecule has 1 amide bonds. The van der Waals surface area contributed by atoms with Crippen LogP contribution in [0.15, 0.2) is 61.2 Å². The molecule has 1 aliphatic rings. The van der Waals surface area contributed by atoms with Gasteiger partial charge in [0.1, 0.15) is 18.5 Å². The minimum Gasteiger partial charge on any atom is -0.491 e. The first-order chi connectivity index (χ1) is 16.0. The maximum absolute atomic E-state index is 11.2. The molecule has 0 bridgehead atoms. The summed E-state index contributed by atoms with van der Waals surface area (Å²) in [6.07, 6.45) is 7.08. The SMILES string of the molecule is NC(=O)c1ccc(OCC2CCCC(OC(Cn3ccnc3)c3ccc(Cl)cc3Cl)O2)cc1. The number of carbonyl (C=O) groups excluding carboxylic acids is 1. The summed E-state index contributed by atoms with van der Waals surface area (Å²) in [5, 5.41) is 1.11. The fraction of sp³-hybridized carbons (Fsp3) is 0.333. The van der Waals surface area contributed by atoms with Crippen molar-refractivity contribution in [3.8, 4) is 5.75 Å². The van der Waals surface area contributed by atoms with Gasteiger partial charge in [0.25, 0.3) is 0 Å². The molecular weight excluding hydrogens is 465 g/mol. The van der Waals surface area contributed by atoms with Crippen molar-refractivity contribution in [3.63, 3.8) is 0 Å². The number of halogens is 2. The number of hydrogen-bond acceptors (Lipinski definition) is 5. The Labute approximate surface area is 202 Å². The maximum atomic E-state index is 11.2. The molecule has 1 saturated heterocycles. The molecule has 0 aliphatic carbocycles. The predicted molar refractivity (Wildman–Crippen MR) is 125 cm³/mol. The average Bonchev–Trinajstić information content (AvgIpc) is 3.31. The van der Waals surface area contributed by atoms with E-state index in [9.17, 15) is 4.79 Å². The summed E-state index contributed by atoms with van der Waals surface area (Å²) in [5.41, 5.74) is 6.56. The van der Waals surface area contributed by atoms with E-state index in [0.29, 0.717) is 34.5 Å². The zero-order valence-corrected chi connectivity index (χ0v) is 19.4. The number of nitrogens with two attached hydrogens (primary N) is 1. The molecular formula is C24H25Cl2N3O4. The lowest BCUT2D eigenvalue weighted by atomic mass is 10.1. The van der Waals surface area contributed by atoms with E-state index in [1.807, 2.05) is 16.8 Å². The third kappa shape index (κ3) is 6.48. The van der Waals surface area contributed by atoms with Gasteiger partial charge in [-0.1, -0.05) is 29.3 Å². The van der Waals surface area contributed by atoms with E-state index < -0.39 is 12.2 Å². The van der Waals surface area contributed by atoms with Crippen molar-refractivity contribution in [1.82, 2.24) is 9.55 Å². The topological polar surface area (TPSA) is 88.6 Å². The van der Waals surface area contributed by atoms with Gasteiger partial charge in [-0.15, -0.1) is 0 Å². The normalized spacial score (nSPS) is 19.2. The van der Waals surface area contributed by atoms with E-state index in [2.05, 4.69) is 4.98 Å². The number of rotatable bonds is 9. The summed E-state index contributed by atoms with van der Waals surface area (Å²) in [5.74, 6) is 0.181. The molecule has 0 radical (unpaired) electrons. The third-order valence-corrected chi connectivity index (χ3v) is 6.01. The number of amides is 1. The number of nitrogens with zero attached hydrogens (tertiary/aromatic N) is 2. The van der Waals surface area contributed by atoms with E-state index in [1.54, 1.807) is 48.9 Å². The van der Waals surface area contributed by atoms with Crippen LogP contribution in [0.3, 0.4) is 0 Å². The maximum Gasteiger partial charge on any atom is 0.248 e. The highest BCUT2D eigenvalue weighted by Crippen LogP contribution is 2.33. The molecule has 0 spiro atoms. The monoisotopic (exact) mass is 489 g/mol. The standard InChI is InChI=1S/C24H25Cl2N3O4/c25-17-6-9-20(21(26)12-17)22(13-29-11-10-28-15-29)33-23-3-1-2-19(32-23)14-31-18-7-4-16(5-8-18)24(27)30/h4-12,15,19,22-23H,1-3,13-14H2,(H2,27,30). The molecule has 1 aromatic heterocycles. The number of imidazole rings is 1. The van der Waals surface area contributed by atoms with Gasteiger partial charge in [0.15, 0.2) is 6.29 Å². The van der Waals surface area contributed by atoms with Gasteiger partial charge in [-0.2, -0.15) is 0 Å². The Bertz CT molecular complexity index is 1060. The molecule has 3 unspecified atom stereocenters. The van der Waals surface area contributed by atoms with Crippen LogP contribution in [0.1, 0.15) is 41.3 Å². The van der Waals surface area contributed by atoms with E-state index in [4.69, 9.17) is 43.1 Å². The van der Waals surface area contributed by atoms with Crippen LogP contribution in [0.2, 0.25) is 10.0 Å². The van der Waals surface area contributed by atoms with Gasteiger partial charge in [-0.3, -0.25) is 4.79 Å². The van der Waals surface area contributed by atoms with Gasteiger partial charge < -0.3 is 24.5 Å². The van der Waals surface area contributed by atoms with Gasteiger partial charge in [-0.05, 0) is 55.7 Å². The molecule has 3 aromatic rings. The molecule has 3 atom stereocenters. The largest absolute Gasteiger partial charge is 0.491 e. The Kier molecular flexibility index (Phi) is 7.88. The molecule has 1 aliphatic heterocycles. The van der Waals surface area contributed by atoms with Crippen molar-refractivity contribution >= 4 is 29.1 Å². The predicted octanol–water partition coefficient (Wildman–Crippen LogP) is 5.02. The van der Waals surface area contributed by atoms with Gasteiger partial charge >= 0.3 is 0 Å². The second kappa shape index (κ2) is 11.0. The van der Waals surface area contributed by atoms with Crippen LogP contribution >= 0.6 is 23.2 Å². The summed E-state index contributed by atoms with van der Waals surface area (Å²) >= 11 is 12.6. The van der Waals surface area contributed by atoms with E-state index in [1.165, 1.54) is 0 Å². The molecule has 174 valence electrons. The van der Waals surface area contributed by atoms with Crippen molar-refractivity contribution < 1.29 is 19.0 Å². The van der Waals surface area contributed by atoms with Crippen molar-refractivity contribution in [2.45, 2.75) is 44.3 Å². The first-order valence-corrected chi connectivity index (χ1v) is 11.5. The molecule has 9 heteroatoms. The van der Waals surface area contributed by atoms with Gasteiger partial charge in [0.2, 0.25) is 5.91 Å². The summed E-state index contributed by atoms with van der Waals surface area (Å²) in [6.45, 7) is 0.915. The minimum atomic E-state index is -0.469. The number of primary amides is 1. The van der Waals surface area contributed by atoms with Crippen LogP contribution in [0.25, 0.3) is 0 Å². The van der Waals surface area contributed by atoms with Crippen LogP contribution < -0.4 is 10.5 Å². The Morgan fingerprint density at radius 2 is 2.03 bits per heavy atom. The molecule has 2 N–H and O–H groups in total. The molecule has 33 heavy (non-hydrogen) atoms. The van der Waals surface area contributed by atoms with Crippen LogP contribution in [-0.4, -0.2) is 34.5 Å². The summed E-state index contributed by atoms with van der Waals surface area (Å²) in [7, 11) is 0. The summed E-state index contributed by atoms with van der Waals surface area (Å²) in [4.78, 5) is 15.3. The highest BCUT2D eigenvalue weighted by Gasteiger charge is 2.28. The Hall–Kier alpha value is -2.58. The van der Waals surface area contributed by atoms with Crippen LogP contribution in [0.4, 0.5) is 0 Å². The molecule has 4 rings (SSSR count). The van der Waals surface area contributed by atoms with Crippen molar-refractivity contribution in [2.24, 2.45) is 5.73 Å². The van der Waals surface area contributed by atoms with Crippen molar-refractivity contribution in [1.29, 1.82) is 0 Å². The number of benzene rings is 2. The van der Waals surface area contributed by atoms with Gasteiger partial charge in [0, 0.05) is 33.6 Å². The molecule has 2 heterocycles. The number of ether oxygens (including phenoxy) is 3. The number of aromatic nitrogens is 2. The van der Waals surface area contributed by atoms with Crippen LogP contribution in [0, 0.1) is 0 Å². The summed E-state index contributed by atoms with van der Waals surface area (Å²) in [6, 6.07) is 12.1. The second-order valence-corrected chi connectivity index (χ2v) is 8.71. The first-order valence-electron chi connectivity index (χ1n) is 10.7.